The van der Waals surface area contributed by atoms with Crippen molar-refractivity contribution in [1.82, 2.24) is 0 Å². The van der Waals surface area contributed by atoms with Crippen LogP contribution < -0.4 is 10.5 Å². The van der Waals surface area contributed by atoms with Crippen molar-refractivity contribution in [2.24, 2.45) is 0 Å². The highest BCUT2D eigenvalue weighted by atomic mass is 79.9. The monoisotopic (exact) mass is 247 g/mol. The van der Waals surface area contributed by atoms with E-state index in [1.165, 1.54) is 0 Å². The van der Waals surface area contributed by atoms with E-state index in [1.54, 1.807) is 18.9 Å². The molecule has 0 unspecified atom stereocenters. The van der Waals surface area contributed by atoms with E-state index < -0.39 is 0 Å². The number of benzene rings is 1. The summed E-state index contributed by atoms with van der Waals surface area (Å²) in [7, 11) is 1.63. The highest BCUT2D eigenvalue weighted by Crippen LogP contribution is 2.29. The minimum absolute atomic E-state index is 0.763. The van der Waals surface area contributed by atoms with Crippen molar-refractivity contribution < 1.29 is 4.74 Å². The van der Waals surface area contributed by atoms with Gasteiger partial charge >= 0.3 is 0 Å². The number of hydrogen-bond donors (Lipinski definition) is 1. The lowest BCUT2D eigenvalue weighted by molar-refractivity contribution is 0.415. The molecule has 1 aromatic carbocycles. The van der Waals surface area contributed by atoms with Gasteiger partial charge in [-0.2, -0.15) is 0 Å². The Hall–Kier alpha value is -0.350. The van der Waals surface area contributed by atoms with Crippen molar-refractivity contribution in [3.8, 4) is 5.75 Å². The van der Waals surface area contributed by atoms with Gasteiger partial charge in [0.25, 0.3) is 0 Å². The highest BCUT2D eigenvalue weighted by molar-refractivity contribution is 9.11. The smallest absolute Gasteiger partial charge is 0.120 e. The first-order valence-electron chi connectivity index (χ1n) is 3.40. The average molecular weight is 248 g/mol. The third-order valence-electron chi connectivity index (χ3n) is 1.43. The van der Waals surface area contributed by atoms with Gasteiger partial charge in [0.05, 0.1) is 11.8 Å². The van der Waals surface area contributed by atoms with E-state index >= 15 is 0 Å². The number of thioether (sulfide) groups is 1. The number of rotatable bonds is 3. The lowest BCUT2D eigenvalue weighted by Crippen LogP contribution is -1.90. The van der Waals surface area contributed by atoms with Gasteiger partial charge in [0.1, 0.15) is 5.75 Å². The minimum atomic E-state index is 0.763. The Labute approximate surface area is 84.6 Å². The molecule has 2 nitrogen and oxygen atoms in total. The second kappa shape index (κ2) is 4.62. The molecule has 66 valence electrons. The first-order valence-corrected chi connectivity index (χ1v) is 5.51. The zero-order chi connectivity index (χ0) is 8.97. The summed E-state index contributed by atoms with van der Waals surface area (Å²) >= 11 is 4.99. The lowest BCUT2D eigenvalue weighted by Gasteiger charge is -2.05. The maximum Gasteiger partial charge on any atom is 0.120 e. The van der Waals surface area contributed by atoms with Crippen LogP contribution in [0.1, 0.15) is 0 Å². The maximum atomic E-state index is 5.76. The molecule has 4 heteroatoms. The summed E-state index contributed by atoms with van der Waals surface area (Å²) in [5.41, 5.74) is 6.52. The summed E-state index contributed by atoms with van der Waals surface area (Å²) in [5.74, 6) is 0.798. The summed E-state index contributed by atoms with van der Waals surface area (Å²) in [6.07, 6.45) is 0. The van der Waals surface area contributed by atoms with Gasteiger partial charge in [0.2, 0.25) is 0 Å². The molecule has 0 aliphatic heterocycles. The molecule has 0 fully saturated rings. The van der Waals surface area contributed by atoms with Crippen molar-refractivity contribution in [3.63, 3.8) is 0 Å². The maximum absolute atomic E-state index is 5.76. The number of anilines is 1. The molecule has 1 rings (SSSR count). The second-order valence-corrected chi connectivity index (χ2v) is 4.48. The predicted molar refractivity (Wildman–Crippen MR) is 57.1 cm³/mol. The Morgan fingerprint density at radius 3 is 2.83 bits per heavy atom. The summed E-state index contributed by atoms with van der Waals surface area (Å²) in [6, 6.07) is 5.69. The molecule has 0 atom stereocenters. The number of hydrogen-bond acceptors (Lipinski definition) is 3. The van der Waals surface area contributed by atoms with E-state index in [0.717, 1.165) is 21.0 Å². The van der Waals surface area contributed by atoms with E-state index in [-0.39, 0.29) is 0 Å². The molecule has 1 aromatic rings. The van der Waals surface area contributed by atoms with Gasteiger partial charge in [-0.1, -0.05) is 15.9 Å². The van der Waals surface area contributed by atoms with Crippen LogP contribution in [0.25, 0.3) is 0 Å². The van der Waals surface area contributed by atoms with E-state index in [2.05, 4.69) is 15.9 Å². The normalized spacial score (nSPS) is 9.83. The van der Waals surface area contributed by atoms with Crippen LogP contribution in [0.4, 0.5) is 5.69 Å². The first kappa shape index (κ1) is 9.74. The number of methoxy groups -OCH3 is 1. The number of nitrogen functional groups attached to an aromatic ring is 1. The Balaban J connectivity index is 2.87. The van der Waals surface area contributed by atoms with Crippen LogP contribution >= 0.6 is 27.7 Å². The van der Waals surface area contributed by atoms with Crippen molar-refractivity contribution >= 4 is 33.4 Å². The molecule has 0 radical (unpaired) electrons. The van der Waals surface area contributed by atoms with Gasteiger partial charge in [-0.15, -0.1) is 11.8 Å². The Morgan fingerprint density at radius 2 is 2.33 bits per heavy atom. The van der Waals surface area contributed by atoms with Gasteiger partial charge in [-0.3, -0.25) is 0 Å². The molecule has 0 saturated carbocycles. The minimum Gasteiger partial charge on any atom is -0.497 e. The number of alkyl halides is 1. The van der Waals surface area contributed by atoms with E-state index in [4.69, 9.17) is 10.5 Å². The average Bonchev–Trinajstić information content (AvgIpc) is 2.09. The van der Waals surface area contributed by atoms with Gasteiger partial charge in [-0.05, 0) is 12.1 Å². The zero-order valence-electron chi connectivity index (χ0n) is 6.71. The van der Waals surface area contributed by atoms with Crippen LogP contribution in [0.3, 0.4) is 0 Å². The van der Waals surface area contributed by atoms with Crippen LogP contribution in [-0.4, -0.2) is 11.8 Å². The molecule has 0 bridgehead atoms. The van der Waals surface area contributed by atoms with Crippen molar-refractivity contribution in [2.45, 2.75) is 4.90 Å². The fourth-order valence-electron chi connectivity index (χ4n) is 0.844. The first-order chi connectivity index (χ1) is 5.77. The number of ether oxygens (including phenoxy) is 1. The van der Waals surface area contributed by atoms with Crippen LogP contribution in [0.15, 0.2) is 23.1 Å². The molecule has 0 saturated heterocycles. The number of halogens is 1. The topological polar surface area (TPSA) is 35.2 Å². The summed E-state index contributed by atoms with van der Waals surface area (Å²) < 4.78 is 5.88. The van der Waals surface area contributed by atoms with E-state index in [0.29, 0.717) is 0 Å². The molecule has 2 N–H and O–H groups in total. The quantitative estimate of drug-likeness (QED) is 0.507. The molecule has 0 aliphatic carbocycles. The predicted octanol–water partition coefficient (Wildman–Crippen LogP) is 2.72. The molecule has 0 spiro atoms. The largest absolute Gasteiger partial charge is 0.497 e. The molecule has 0 aliphatic rings. The van der Waals surface area contributed by atoms with Gasteiger partial charge in [0, 0.05) is 16.6 Å². The van der Waals surface area contributed by atoms with Gasteiger partial charge < -0.3 is 10.5 Å². The highest BCUT2D eigenvalue weighted by Gasteiger charge is 1.99. The third kappa shape index (κ3) is 2.32. The van der Waals surface area contributed by atoms with Crippen molar-refractivity contribution in [2.75, 3.05) is 17.5 Å². The third-order valence-corrected chi connectivity index (χ3v) is 2.91. The van der Waals surface area contributed by atoms with Crippen molar-refractivity contribution in [3.05, 3.63) is 18.2 Å². The zero-order valence-corrected chi connectivity index (χ0v) is 9.11. The van der Waals surface area contributed by atoms with Crippen LogP contribution in [0.2, 0.25) is 0 Å². The summed E-state index contributed by atoms with van der Waals surface area (Å²) in [5, 5.41) is 0. The molecular formula is C8H10BrNOS. The Kier molecular flexibility index (Phi) is 3.75. The van der Waals surface area contributed by atoms with Crippen LogP contribution in [-0.2, 0) is 0 Å². The Morgan fingerprint density at radius 1 is 1.58 bits per heavy atom. The second-order valence-electron chi connectivity index (χ2n) is 2.16. The molecular weight excluding hydrogens is 238 g/mol. The molecule has 0 heterocycles. The standard InChI is InChI=1S/C8H10BrNOS/c1-11-6-2-3-8(12-5-9)7(10)4-6/h2-4H,5,10H2,1H3. The molecule has 0 aromatic heterocycles. The van der Waals surface area contributed by atoms with Crippen LogP contribution in [0, 0.1) is 0 Å². The molecule has 12 heavy (non-hydrogen) atoms. The fraction of sp³-hybridized carbons (Fsp3) is 0.250. The number of nitrogens with two attached hydrogens (primary N) is 1. The SMILES string of the molecule is COc1ccc(SCBr)c(N)c1. The lowest BCUT2D eigenvalue weighted by atomic mass is 10.3. The van der Waals surface area contributed by atoms with E-state index in [9.17, 15) is 0 Å². The van der Waals surface area contributed by atoms with Crippen molar-refractivity contribution in [1.29, 1.82) is 0 Å². The summed E-state index contributed by atoms with van der Waals surface area (Å²) in [6.45, 7) is 0. The molecule has 0 amide bonds. The van der Waals surface area contributed by atoms with Crippen LogP contribution in [0.5, 0.6) is 5.75 Å². The summed E-state index contributed by atoms with van der Waals surface area (Å²) in [4.78, 5) is 1.08. The van der Waals surface area contributed by atoms with Gasteiger partial charge in [0.15, 0.2) is 0 Å². The van der Waals surface area contributed by atoms with E-state index in [1.807, 2.05) is 18.2 Å². The Bertz CT molecular complexity index is 267. The van der Waals surface area contributed by atoms with Gasteiger partial charge in [-0.25, -0.2) is 0 Å². The fourth-order valence-corrected chi connectivity index (χ4v) is 2.09.